The number of ether oxygens (including phenoxy) is 4. The molecular formula is C17H16O6. The Morgan fingerprint density at radius 1 is 0.870 bits per heavy atom. The summed E-state index contributed by atoms with van der Waals surface area (Å²) in [5, 5.41) is 0. The number of benzene rings is 2. The molecule has 0 fully saturated rings. The second-order valence-corrected chi connectivity index (χ2v) is 4.52. The minimum atomic E-state index is -0.598. The first-order chi connectivity index (χ1) is 11.1. The molecule has 0 bridgehead atoms. The van der Waals surface area contributed by atoms with Crippen molar-refractivity contribution in [2.24, 2.45) is 0 Å². The van der Waals surface area contributed by atoms with Crippen LogP contribution in [0.25, 0.3) is 0 Å². The van der Waals surface area contributed by atoms with Crippen molar-refractivity contribution in [3.05, 3.63) is 47.5 Å². The van der Waals surface area contributed by atoms with Gasteiger partial charge in [-0.1, -0.05) is 0 Å². The highest BCUT2D eigenvalue weighted by molar-refractivity contribution is 5.92. The molecule has 0 heterocycles. The van der Waals surface area contributed by atoms with Crippen molar-refractivity contribution < 1.29 is 28.5 Å². The Bertz CT molecular complexity index is 701. The molecule has 0 aliphatic rings. The minimum Gasteiger partial charge on any atom is -0.497 e. The molecule has 23 heavy (non-hydrogen) atoms. The first-order valence-electron chi connectivity index (χ1n) is 6.69. The highest BCUT2D eigenvalue weighted by Crippen LogP contribution is 2.29. The summed E-state index contributed by atoms with van der Waals surface area (Å²) in [7, 11) is 4.41. The molecule has 0 saturated carbocycles. The number of carbonyl (C=O) groups excluding carboxylic acids is 2. The van der Waals surface area contributed by atoms with Crippen LogP contribution in [0.1, 0.15) is 20.7 Å². The SMILES string of the molecule is COc1cc(OC)cc(C(=O)Oc2ccc(C=O)cc2OC)c1. The second-order valence-electron chi connectivity index (χ2n) is 4.52. The summed E-state index contributed by atoms with van der Waals surface area (Å²) in [4.78, 5) is 23.1. The summed E-state index contributed by atoms with van der Waals surface area (Å²) in [6.07, 6.45) is 0.682. The smallest absolute Gasteiger partial charge is 0.343 e. The van der Waals surface area contributed by atoms with Gasteiger partial charge in [-0.25, -0.2) is 4.79 Å². The maximum absolute atomic E-state index is 12.3. The van der Waals surface area contributed by atoms with Gasteiger partial charge in [-0.15, -0.1) is 0 Å². The quantitative estimate of drug-likeness (QED) is 0.463. The van der Waals surface area contributed by atoms with E-state index in [-0.39, 0.29) is 17.1 Å². The third-order valence-electron chi connectivity index (χ3n) is 3.11. The van der Waals surface area contributed by atoms with Gasteiger partial charge >= 0.3 is 5.97 Å². The van der Waals surface area contributed by atoms with Crippen LogP contribution in [0.15, 0.2) is 36.4 Å². The lowest BCUT2D eigenvalue weighted by Crippen LogP contribution is -2.10. The van der Waals surface area contributed by atoms with Gasteiger partial charge in [-0.2, -0.15) is 0 Å². The van der Waals surface area contributed by atoms with E-state index in [0.29, 0.717) is 23.3 Å². The van der Waals surface area contributed by atoms with Gasteiger partial charge in [0, 0.05) is 11.6 Å². The summed E-state index contributed by atoms with van der Waals surface area (Å²) < 4.78 is 20.7. The molecule has 0 aliphatic carbocycles. The largest absolute Gasteiger partial charge is 0.497 e. The predicted octanol–water partition coefficient (Wildman–Crippen LogP) is 2.74. The van der Waals surface area contributed by atoms with Crippen molar-refractivity contribution in [3.8, 4) is 23.0 Å². The van der Waals surface area contributed by atoms with E-state index in [9.17, 15) is 9.59 Å². The first kappa shape index (κ1) is 16.4. The van der Waals surface area contributed by atoms with Crippen LogP contribution in [-0.4, -0.2) is 33.6 Å². The molecule has 2 rings (SSSR count). The van der Waals surface area contributed by atoms with Gasteiger partial charge in [0.05, 0.1) is 26.9 Å². The van der Waals surface area contributed by atoms with Crippen molar-refractivity contribution in [1.29, 1.82) is 0 Å². The molecule has 0 unspecified atom stereocenters. The average molecular weight is 316 g/mol. The van der Waals surface area contributed by atoms with Crippen molar-refractivity contribution >= 4 is 12.3 Å². The lowest BCUT2D eigenvalue weighted by atomic mass is 10.2. The van der Waals surface area contributed by atoms with E-state index >= 15 is 0 Å². The Balaban J connectivity index is 2.30. The Morgan fingerprint density at radius 3 is 2.04 bits per heavy atom. The number of hydrogen-bond acceptors (Lipinski definition) is 6. The number of aldehydes is 1. The van der Waals surface area contributed by atoms with Crippen molar-refractivity contribution in [1.82, 2.24) is 0 Å². The summed E-state index contributed by atoms with van der Waals surface area (Å²) in [6, 6.07) is 9.24. The molecule has 120 valence electrons. The van der Waals surface area contributed by atoms with Gasteiger partial charge in [-0.3, -0.25) is 4.79 Å². The highest BCUT2D eigenvalue weighted by Gasteiger charge is 2.15. The fraction of sp³-hybridized carbons (Fsp3) is 0.176. The normalized spacial score (nSPS) is 9.87. The number of methoxy groups -OCH3 is 3. The van der Waals surface area contributed by atoms with Gasteiger partial charge in [0.25, 0.3) is 0 Å². The predicted molar refractivity (Wildman–Crippen MR) is 82.9 cm³/mol. The summed E-state index contributed by atoms with van der Waals surface area (Å²) in [5.74, 6) is 0.848. The molecule has 0 amide bonds. The van der Waals surface area contributed by atoms with E-state index in [1.807, 2.05) is 0 Å². The number of carbonyl (C=O) groups is 2. The maximum Gasteiger partial charge on any atom is 0.343 e. The minimum absolute atomic E-state index is 0.213. The van der Waals surface area contributed by atoms with Crippen LogP contribution in [0.3, 0.4) is 0 Å². The average Bonchev–Trinajstić information content (AvgIpc) is 2.61. The van der Waals surface area contributed by atoms with Crippen LogP contribution >= 0.6 is 0 Å². The molecule has 2 aromatic carbocycles. The van der Waals surface area contributed by atoms with Crippen molar-refractivity contribution in [2.45, 2.75) is 0 Å². The number of rotatable bonds is 6. The molecule has 0 aliphatic heterocycles. The van der Waals surface area contributed by atoms with E-state index in [0.717, 1.165) is 0 Å². The van der Waals surface area contributed by atoms with E-state index < -0.39 is 5.97 Å². The van der Waals surface area contributed by atoms with E-state index in [1.54, 1.807) is 6.07 Å². The molecule has 0 radical (unpaired) electrons. The maximum atomic E-state index is 12.3. The lowest BCUT2D eigenvalue weighted by molar-refractivity contribution is 0.0729. The number of esters is 1. The summed E-state index contributed by atoms with van der Waals surface area (Å²) in [5.41, 5.74) is 0.687. The molecule has 0 saturated heterocycles. The summed E-state index contributed by atoms with van der Waals surface area (Å²) >= 11 is 0. The van der Waals surface area contributed by atoms with Crippen LogP contribution in [0.5, 0.6) is 23.0 Å². The fourth-order valence-corrected chi connectivity index (χ4v) is 1.93. The molecule has 0 spiro atoms. The molecule has 6 nitrogen and oxygen atoms in total. The fourth-order valence-electron chi connectivity index (χ4n) is 1.93. The third kappa shape index (κ3) is 3.79. The standard InChI is InChI=1S/C17H16O6/c1-20-13-7-12(8-14(9-13)21-2)17(19)23-15-5-4-11(10-18)6-16(15)22-3/h4-10H,1-3H3. The Morgan fingerprint density at radius 2 is 1.52 bits per heavy atom. The van der Waals surface area contributed by atoms with Gasteiger partial charge in [0.2, 0.25) is 0 Å². The van der Waals surface area contributed by atoms with Crippen LogP contribution in [0.4, 0.5) is 0 Å². The highest BCUT2D eigenvalue weighted by atomic mass is 16.6. The van der Waals surface area contributed by atoms with Gasteiger partial charge < -0.3 is 18.9 Å². The van der Waals surface area contributed by atoms with Crippen LogP contribution < -0.4 is 18.9 Å². The molecule has 0 N–H and O–H groups in total. The lowest BCUT2D eigenvalue weighted by Gasteiger charge is -2.11. The number of hydrogen-bond donors (Lipinski definition) is 0. The zero-order chi connectivity index (χ0) is 16.8. The molecule has 6 heteroatoms. The van der Waals surface area contributed by atoms with Crippen LogP contribution in [-0.2, 0) is 0 Å². The zero-order valence-electron chi connectivity index (χ0n) is 13.0. The first-order valence-corrected chi connectivity index (χ1v) is 6.69. The molecule has 0 atom stereocenters. The molecular weight excluding hydrogens is 300 g/mol. The summed E-state index contributed by atoms with van der Waals surface area (Å²) in [6.45, 7) is 0. The third-order valence-corrected chi connectivity index (χ3v) is 3.11. The van der Waals surface area contributed by atoms with Crippen LogP contribution in [0.2, 0.25) is 0 Å². The monoisotopic (exact) mass is 316 g/mol. The van der Waals surface area contributed by atoms with Gasteiger partial charge in [0.15, 0.2) is 11.5 Å². The van der Waals surface area contributed by atoms with E-state index in [4.69, 9.17) is 18.9 Å². The van der Waals surface area contributed by atoms with E-state index in [2.05, 4.69) is 0 Å². The second kappa shape index (κ2) is 7.31. The van der Waals surface area contributed by atoms with Gasteiger partial charge in [-0.05, 0) is 30.3 Å². The van der Waals surface area contributed by atoms with Gasteiger partial charge in [0.1, 0.15) is 17.8 Å². The molecule has 0 aromatic heterocycles. The zero-order valence-corrected chi connectivity index (χ0v) is 13.0. The van der Waals surface area contributed by atoms with E-state index in [1.165, 1.54) is 51.7 Å². The molecule has 2 aromatic rings. The Kier molecular flexibility index (Phi) is 5.19. The Labute approximate surface area is 133 Å². The Hall–Kier alpha value is -3.02. The topological polar surface area (TPSA) is 71.1 Å². The van der Waals surface area contributed by atoms with Crippen molar-refractivity contribution in [3.63, 3.8) is 0 Å². The van der Waals surface area contributed by atoms with Crippen LogP contribution in [0, 0.1) is 0 Å². The van der Waals surface area contributed by atoms with Crippen molar-refractivity contribution in [2.75, 3.05) is 21.3 Å².